The van der Waals surface area contributed by atoms with Gasteiger partial charge in [-0.25, -0.2) is 0 Å². The molecule has 0 saturated heterocycles. The fourth-order valence-corrected chi connectivity index (χ4v) is 3.08. The Kier molecular flexibility index (Phi) is 4.55. The van der Waals surface area contributed by atoms with Crippen LogP contribution in [0, 0.1) is 0 Å². The number of amides is 2. The molecule has 124 valence electrons. The zero-order valence-electron chi connectivity index (χ0n) is 12.9. The van der Waals surface area contributed by atoms with E-state index in [-0.39, 0.29) is 6.54 Å². The number of aryl methyl sites for hydroxylation is 1. The number of aliphatic hydroxyl groups is 1. The smallest absolute Gasteiger partial charge is 0.313 e. The highest BCUT2D eigenvalue weighted by atomic mass is 35.5. The summed E-state index contributed by atoms with van der Waals surface area (Å²) in [6, 6.07) is 14.2. The van der Waals surface area contributed by atoms with Gasteiger partial charge in [-0.3, -0.25) is 9.59 Å². The second-order valence-corrected chi connectivity index (χ2v) is 6.21. The van der Waals surface area contributed by atoms with Crippen molar-refractivity contribution in [3.8, 4) is 0 Å². The summed E-state index contributed by atoms with van der Waals surface area (Å²) in [5, 5.41) is 16.0. The van der Waals surface area contributed by atoms with Gasteiger partial charge in [-0.1, -0.05) is 48.0 Å². The van der Waals surface area contributed by atoms with Crippen LogP contribution >= 0.6 is 11.6 Å². The first-order valence-corrected chi connectivity index (χ1v) is 8.02. The summed E-state index contributed by atoms with van der Waals surface area (Å²) >= 11 is 5.95. The largest absolute Gasteiger partial charge is 0.383 e. The third-order valence-electron chi connectivity index (χ3n) is 4.20. The van der Waals surface area contributed by atoms with Crippen molar-refractivity contribution in [1.29, 1.82) is 0 Å². The number of anilines is 1. The Bertz CT molecular complexity index is 793. The molecule has 0 fully saturated rings. The summed E-state index contributed by atoms with van der Waals surface area (Å²) in [5.74, 6) is -1.63. The SMILES string of the molecule is O=C(NCC1(O)CCc2ccccc21)C(=O)Nc1ccccc1Cl. The van der Waals surface area contributed by atoms with Gasteiger partial charge in [0.15, 0.2) is 0 Å². The van der Waals surface area contributed by atoms with Crippen LogP contribution in [0.25, 0.3) is 0 Å². The number of hydrogen-bond donors (Lipinski definition) is 3. The van der Waals surface area contributed by atoms with Crippen molar-refractivity contribution in [3.63, 3.8) is 0 Å². The molecule has 1 aliphatic carbocycles. The highest BCUT2D eigenvalue weighted by Gasteiger charge is 2.37. The summed E-state index contributed by atoms with van der Waals surface area (Å²) in [7, 11) is 0. The Labute approximate surface area is 144 Å². The van der Waals surface area contributed by atoms with E-state index >= 15 is 0 Å². The number of hydrogen-bond acceptors (Lipinski definition) is 3. The number of halogens is 1. The lowest BCUT2D eigenvalue weighted by atomic mass is 9.96. The molecule has 5 nitrogen and oxygen atoms in total. The molecule has 0 saturated carbocycles. The van der Waals surface area contributed by atoms with Crippen molar-refractivity contribution in [2.24, 2.45) is 0 Å². The van der Waals surface area contributed by atoms with Gasteiger partial charge in [-0.2, -0.15) is 0 Å². The van der Waals surface area contributed by atoms with Crippen LogP contribution in [0.5, 0.6) is 0 Å². The van der Waals surface area contributed by atoms with E-state index in [1.807, 2.05) is 24.3 Å². The molecule has 3 N–H and O–H groups in total. The minimum Gasteiger partial charge on any atom is -0.383 e. The molecule has 2 aromatic rings. The van der Waals surface area contributed by atoms with E-state index in [1.165, 1.54) is 0 Å². The normalized spacial score (nSPS) is 18.8. The molecule has 0 spiro atoms. The Morgan fingerprint density at radius 2 is 1.79 bits per heavy atom. The summed E-state index contributed by atoms with van der Waals surface area (Å²) < 4.78 is 0. The molecule has 1 atom stereocenters. The van der Waals surface area contributed by atoms with E-state index in [0.717, 1.165) is 17.5 Å². The molecule has 24 heavy (non-hydrogen) atoms. The van der Waals surface area contributed by atoms with Crippen LogP contribution in [-0.2, 0) is 21.6 Å². The van der Waals surface area contributed by atoms with Crippen molar-refractivity contribution >= 4 is 29.1 Å². The highest BCUT2D eigenvalue weighted by molar-refractivity contribution is 6.41. The van der Waals surface area contributed by atoms with Crippen molar-refractivity contribution in [2.75, 3.05) is 11.9 Å². The van der Waals surface area contributed by atoms with Crippen LogP contribution in [0.2, 0.25) is 5.02 Å². The lowest BCUT2D eigenvalue weighted by Gasteiger charge is -2.24. The molecule has 1 unspecified atom stereocenters. The molecule has 6 heteroatoms. The quantitative estimate of drug-likeness (QED) is 0.747. The van der Waals surface area contributed by atoms with Crippen LogP contribution in [0.15, 0.2) is 48.5 Å². The van der Waals surface area contributed by atoms with Crippen LogP contribution in [0.3, 0.4) is 0 Å². The van der Waals surface area contributed by atoms with Gasteiger partial charge in [0.2, 0.25) is 0 Å². The highest BCUT2D eigenvalue weighted by Crippen LogP contribution is 2.36. The molecule has 0 radical (unpaired) electrons. The molecule has 1 aliphatic rings. The van der Waals surface area contributed by atoms with Crippen LogP contribution in [0.4, 0.5) is 5.69 Å². The van der Waals surface area contributed by atoms with Gasteiger partial charge >= 0.3 is 11.8 Å². The van der Waals surface area contributed by atoms with Crippen LogP contribution in [0.1, 0.15) is 17.5 Å². The number of fused-ring (bicyclic) bond motifs is 1. The first-order chi connectivity index (χ1) is 11.5. The number of nitrogens with one attached hydrogen (secondary N) is 2. The third kappa shape index (κ3) is 3.27. The van der Waals surface area contributed by atoms with Gasteiger partial charge < -0.3 is 15.7 Å². The minimum atomic E-state index is -1.14. The van der Waals surface area contributed by atoms with Gasteiger partial charge in [0, 0.05) is 0 Å². The predicted molar refractivity (Wildman–Crippen MR) is 91.8 cm³/mol. The van der Waals surface area contributed by atoms with Crippen LogP contribution < -0.4 is 10.6 Å². The topological polar surface area (TPSA) is 78.4 Å². The van der Waals surface area contributed by atoms with E-state index < -0.39 is 17.4 Å². The van der Waals surface area contributed by atoms with E-state index in [1.54, 1.807) is 24.3 Å². The van der Waals surface area contributed by atoms with Crippen molar-refractivity contribution in [1.82, 2.24) is 5.32 Å². The van der Waals surface area contributed by atoms with Crippen molar-refractivity contribution in [2.45, 2.75) is 18.4 Å². The Hall–Kier alpha value is -2.37. The van der Waals surface area contributed by atoms with Gasteiger partial charge in [-0.15, -0.1) is 0 Å². The van der Waals surface area contributed by atoms with E-state index in [2.05, 4.69) is 10.6 Å². The molecule has 0 aromatic heterocycles. The average molecular weight is 345 g/mol. The number of carbonyl (C=O) groups excluding carboxylic acids is 2. The zero-order valence-corrected chi connectivity index (χ0v) is 13.6. The maximum Gasteiger partial charge on any atom is 0.313 e. The monoisotopic (exact) mass is 344 g/mol. The number of benzene rings is 2. The number of para-hydroxylation sites is 1. The first-order valence-electron chi connectivity index (χ1n) is 7.64. The second-order valence-electron chi connectivity index (χ2n) is 5.81. The second kappa shape index (κ2) is 6.63. The summed E-state index contributed by atoms with van der Waals surface area (Å²) in [6.45, 7) is -0.0151. The fraction of sp³-hybridized carbons (Fsp3) is 0.222. The van der Waals surface area contributed by atoms with Crippen LogP contribution in [-0.4, -0.2) is 23.5 Å². The summed E-state index contributed by atoms with van der Waals surface area (Å²) in [5.41, 5.74) is 1.09. The van der Waals surface area contributed by atoms with E-state index in [9.17, 15) is 14.7 Å². The van der Waals surface area contributed by atoms with E-state index in [0.29, 0.717) is 17.1 Å². The van der Waals surface area contributed by atoms with Gasteiger partial charge in [0.1, 0.15) is 5.60 Å². The molecule has 3 rings (SSSR count). The molecular weight excluding hydrogens is 328 g/mol. The molecule has 0 bridgehead atoms. The Balaban J connectivity index is 1.62. The summed E-state index contributed by atoms with van der Waals surface area (Å²) in [6.07, 6.45) is 1.26. The third-order valence-corrected chi connectivity index (χ3v) is 4.53. The van der Waals surface area contributed by atoms with Gasteiger partial charge in [-0.05, 0) is 36.1 Å². The molecule has 2 amide bonds. The summed E-state index contributed by atoms with van der Waals surface area (Å²) in [4.78, 5) is 23.9. The molecule has 2 aromatic carbocycles. The first kappa shape index (κ1) is 16.5. The maximum atomic E-state index is 12.0. The molecule has 0 heterocycles. The van der Waals surface area contributed by atoms with Crippen molar-refractivity contribution < 1.29 is 14.7 Å². The maximum absolute atomic E-state index is 12.0. The minimum absolute atomic E-state index is 0.0151. The van der Waals surface area contributed by atoms with Crippen molar-refractivity contribution in [3.05, 3.63) is 64.7 Å². The predicted octanol–water partition coefficient (Wildman–Crippen LogP) is 2.23. The number of carbonyl (C=O) groups is 2. The van der Waals surface area contributed by atoms with Gasteiger partial charge in [0.25, 0.3) is 0 Å². The Morgan fingerprint density at radius 1 is 1.08 bits per heavy atom. The molecular formula is C18H17ClN2O3. The standard InChI is InChI=1S/C18H17ClN2O3/c19-14-7-3-4-8-15(14)21-17(23)16(22)20-11-18(24)10-9-12-5-1-2-6-13(12)18/h1-8,24H,9-11H2,(H,20,22)(H,21,23). The van der Waals surface area contributed by atoms with E-state index in [4.69, 9.17) is 11.6 Å². The Morgan fingerprint density at radius 3 is 2.58 bits per heavy atom. The molecule has 0 aliphatic heterocycles. The fourth-order valence-electron chi connectivity index (χ4n) is 2.90. The lowest BCUT2D eigenvalue weighted by molar-refractivity contribution is -0.136. The zero-order chi connectivity index (χ0) is 17.2. The number of rotatable bonds is 3. The van der Waals surface area contributed by atoms with Gasteiger partial charge in [0.05, 0.1) is 17.3 Å². The average Bonchev–Trinajstić information content (AvgIpc) is 2.93. The lowest BCUT2D eigenvalue weighted by Crippen LogP contribution is -2.43.